The maximum absolute atomic E-state index is 12.7. The highest BCUT2D eigenvalue weighted by atomic mass is 19.3. The maximum atomic E-state index is 12.7. The number of nitrogens with zero attached hydrogens (tertiary/aromatic N) is 2. The summed E-state index contributed by atoms with van der Waals surface area (Å²) in [6.45, 7) is 1.22. The second kappa shape index (κ2) is 3.38. The van der Waals surface area contributed by atoms with Gasteiger partial charge in [-0.1, -0.05) is 0 Å². The number of aryl methyl sites for hydroxylation is 1. The Morgan fingerprint density at radius 3 is 2.15 bits per heavy atom. The molecule has 1 aromatic rings. The molecule has 0 amide bonds. The molecule has 13 heavy (non-hydrogen) atoms. The van der Waals surface area contributed by atoms with Crippen LogP contribution in [0.5, 0.6) is 0 Å². The fourth-order valence-corrected chi connectivity index (χ4v) is 0.713. The van der Waals surface area contributed by atoms with E-state index >= 15 is 0 Å². The minimum atomic E-state index is -1.80. The molecule has 1 aromatic heterocycles. The summed E-state index contributed by atoms with van der Waals surface area (Å²) in [7, 11) is 0. The fraction of sp³-hybridized carbons (Fsp3) is 0.167. The Morgan fingerprint density at radius 2 is 1.77 bits per heavy atom. The van der Waals surface area contributed by atoms with Crippen molar-refractivity contribution < 1.29 is 23.0 Å². The zero-order valence-electron chi connectivity index (χ0n) is 6.34. The summed E-state index contributed by atoms with van der Waals surface area (Å²) in [5.41, 5.74) is -1.24. The van der Waals surface area contributed by atoms with Crippen LogP contribution < -0.4 is 0 Å². The maximum Gasteiger partial charge on any atom is 0.388 e. The lowest BCUT2D eigenvalue weighted by molar-refractivity contribution is -0.0797. The molecule has 4 nitrogen and oxygen atoms in total. The zero-order valence-corrected chi connectivity index (χ0v) is 6.34. The van der Waals surface area contributed by atoms with Crippen molar-refractivity contribution in [1.29, 1.82) is 0 Å². The van der Waals surface area contributed by atoms with E-state index in [1.54, 1.807) is 0 Å². The number of hydrogen-bond acceptors (Lipinski definition) is 4. The molecule has 0 bridgehead atoms. The Hall–Kier alpha value is -1.66. The third-order valence-electron chi connectivity index (χ3n) is 1.21. The van der Waals surface area contributed by atoms with Crippen LogP contribution in [0.1, 0.15) is 16.2 Å². The molecular formula is C6H3F3N2O2. The van der Waals surface area contributed by atoms with Crippen molar-refractivity contribution in [3.63, 3.8) is 0 Å². The second-order valence-electron chi connectivity index (χ2n) is 2.09. The Bertz CT molecular complexity index is 333. The molecule has 1 heterocycles. The number of aromatic nitrogens is 2. The van der Waals surface area contributed by atoms with E-state index in [-0.39, 0.29) is 5.82 Å². The van der Waals surface area contributed by atoms with Crippen LogP contribution in [-0.4, -0.2) is 15.9 Å². The number of carbonyl (C=O) groups is 1. The number of hydrogen-bond donors (Lipinski definition) is 0. The molecule has 0 aliphatic rings. The molecular weight excluding hydrogens is 189 g/mol. The monoisotopic (exact) mass is 192 g/mol. The van der Waals surface area contributed by atoms with E-state index in [1.807, 2.05) is 0 Å². The van der Waals surface area contributed by atoms with Crippen LogP contribution >= 0.6 is 0 Å². The predicted molar refractivity (Wildman–Crippen MR) is 33.2 cm³/mol. The molecule has 0 spiro atoms. The Balaban J connectivity index is 3.28. The normalized spacial score (nSPS) is 9.85. The fourth-order valence-electron chi connectivity index (χ4n) is 0.713. The van der Waals surface area contributed by atoms with E-state index in [0.29, 0.717) is 0 Å². The molecule has 0 aromatic carbocycles. The second-order valence-corrected chi connectivity index (χ2v) is 2.09. The van der Waals surface area contributed by atoms with Crippen LogP contribution in [0.15, 0.2) is 0 Å². The minimum Gasteiger partial charge on any atom is -0.249 e. The number of halogens is 3. The quantitative estimate of drug-likeness (QED) is 0.625. The van der Waals surface area contributed by atoms with Gasteiger partial charge in [0.15, 0.2) is 5.56 Å². The van der Waals surface area contributed by atoms with Gasteiger partial charge in [-0.3, -0.25) is 0 Å². The minimum absolute atomic E-state index is 0.203. The van der Waals surface area contributed by atoms with Gasteiger partial charge in [-0.25, -0.2) is 19.7 Å². The Labute approximate surface area is 70.3 Å². The van der Waals surface area contributed by atoms with E-state index in [1.165, 1.54) is 6.92 Å². The summed E-state index contributed by atoms with van der Waals surface area (Å²) >= 11 is 0. The van der Waals surface area contributed by atoms with Gasteiger partial charge in [-0.2, -0.15) is 8.78 Å². The van der Waals surface area contributed by atoms with Crippen LogP contribution in [-0.2, 0) is 4.94 Å². The number of rotatable bonds is 1. The van der Waals surface area contributed by atoms with Gasteiger partial charge >= 0.3 is 5.97 Å². The van der Waals surface area contributed by atoms with Crippen molar-refractivity contribution in [2.45, 2.75) is 6.92 Å². The standard InChI is InChI=1S/C6H3F3N2O2/c1-2-10-4(7)3(5(8)11-2)6(12)13-9/h1H3. The molecule has 0 aliphatic carbocycles. The van der Waals surface area contributed by atoms with Gasteiger partial charge in [0.05, 0.1) is 0 Å². The van der Waals surface area contributed by atoms with Gasteiger partial charge in [0.1, 0.15) is 5.82 Å². The molecule has 0 unspecified atom stereocenters. The Morgan fingerprint density at radius 1 is 1.31 bits per heavy atom. The van der Waals surface area contributed by atoms with Crippen molar-refractivity contribution >= 4 is 5.97 Å². The van der Waals surface area contributed by atoms with Gasteiger partial charge in [0.25, 0.3) is 0 Å². The first-order valence-electron chi connectivity index (χ1n) is 3.08. The molecule has 0 saturated carbocycles. The average molecular weight is 192 g/mol. The lowest BCUT2D eigenvalue weighted by Crippen LogP contribution is -2.11. The van der Waals surface area contributed by atoms with Gasteiger partial charge in [-0.15, -0.1) is 0 Å². The first-order chi connectivity index (χ1) is 6.06. The summed E-state index contributed by atoms with van der Waals surface area (Å²) in [5, 5.41) is 0. The highest BCUT2D eigenvalue weighted by Crippen LogP contribution is 2.10. The zero-order chi connectivity index (χ0) is 10.0. The highest BCUT2D eigenvalue weighted by Gasteiger charge is 2.22. The molecule has 0 radical (unpaired) electrons. The molecule has 0 atom stereocenters. The highest BCUT2D eigenvalue weighted by molar-refractivity contribution is 5.88. The van der Waals surface area contributed by atoms with Crippen molar-refractivity contribution in [3.8, 4) is 0 Å². The first kappa shape index (κ1) is 9.43. The van der Waals surface area contributed by atoms with E-state index in [9.17, 15) is 18.1 Å². The van der Waals surface area contributed by atoms with Gasteiger partial charge in [-0.05, 0) is 6.92 Å². The lowest BCUT2D eigenvalue weighted by atomic mass is 10.3. The predicted octanol–water partition coefficient (Wildman–Crippen LogP) is 1.10. The molecule has 0 fully saturated rings. The van der Waals surface area contributed by atoms with Gasteiger partial charge in [0, 0.05) is 4.53 Å². The molecule has 0 saturated heterocycles. The third-order valence-corrected chi connectivity index (χ3v) is 1.21. The van der Waals surface area contributed by atoms with Crippen LogP contribution in [0.25, 0.3) is 0 Å². The first-order valence-corrected chi connectivity index (χ1v) is 3.08. The average Bonchev–Trinajstić information content (AvgIpc) is 2.02. The number of carbonyl (C=O) groups excluding carboxylic acids is 1. The molecule has 7 heteroatoms. The third kappa shape index (κ3) is 1.74. The van der Waals surface area contributed by atoms with E-state index in [0.717, 1.165) is 0 Å². The van der Waals surface area contributed by atoms with E-state index in [4.69, 9.17) is 0 Å². The molecule has 0 aliphatic heterocycles. The van der Waals surface area contributed by atoms with E-state index < -0.39 is 23.4 Å². The summed E-state index contributed by atoms with van der Waals surface area (Å²) in [6, 6.07) is 0. The van der Waals surface area contributed by atoms with Crippen LogP contribution in [0, 0.1) is 18.8 Å². The Kier molecular flexibility index (Phi) is 2.45. The van der Waals surface area contributed by atoms with Gasteiger partial charge < -0.3 is 0 Å². The lowest BCUT2D eigenvalue weighted by Gasteiger charge is -1.98. The summed E-state index contributed by atoms with van der Waals surface area (Å²) in [4.78, 5) is 19.1. The van der Waals surface area contributed by atoms with Crippen LogP contribution in [0.3, 0.4) is 0 Å². The van der Waals surface area contributed by atoms with Crippen molar-refractivity contribution in [1.82, 2.24) is 9.97 Å². The topological polar surface area (TPSA) is 52.1 Å². The van der Waals surface area contributed by atoms with Gasteiger partial charge in [0.2, 0.25) is 11.9 Å². The van der Waals surface area contributed by atoms with E-state index in [2.05, 4.69) is 14.9 Å². The SMILES string of the molecule is Cc1nc(F)c(C(=O)OF)c(F)n1. The molecule has 1 rings (SSSR count). The largest absolute Gasteiger partial charge is 0.388 e. The van der Waals surface area contributed by atoms with Crippen molar-refractivity contribution in [2.75, 3.05) is 0 Å². The van der Waals surface area contributed by atoms with Crippen LogP contribution in [0.2, 0.25) is 0 Å². The molecule has 0 N–H and O–H groups in total. The molecule has 70 valence electrons. The smallest absolute Gasteiger partial charge is 0.249 e. The van der Waals surface area contributed by atoms with Crippen molar-refractivity contribution in [3.05, 3.63) is 23.3 Å². The summed E-state index contributed by atoms with van der Waals surface area (Å²) in [6.07, 6.45) is 0. The van der Waals surface area contributed by atoms with Crippen molar-refractivity contribution in [2.24, 2.45) is 0 Å². The van der Waals surface area contributed by atoms with Crippen LogP contribution in [0.4, 0.5) is 13.3 Å². The summed E-state index contributed by atoms with van der Waals surface area (Å²) in [5.74, 6) is -4.90. The summed E-state index contributed by atoms with van der Waals surface area (Å²) < 4.78 is 36.7.